The molecule has 0 fully saturated rings. The Balaban J connectivity index is 3.45. The normalized spacial score (nSPS) is 11.9. The number of nitrogens with zero attached hydrogens (tertiary/aromatic N) is 1. The summed E-state index contributed by atoms with van der Waals surface area (Å²) in [6.45, 7) is 7.50. The molecule has 0 bridgehead atoms. The summed E-state index contributed by atoms with van der Waals surface area (Å²) in [4.78, 5) is 0. The van der Waals surface area contributed by atoms with Gasteiger partial charge in [0.25, 0.3) is 0 Å². The maximum atomic E-state index is 3.88. The van der Waals surface area contributed by atoms with Crippen molar-refractivity contribution in [3.63, 3.8) is 0 Å². The van der Waals surface area contributed by atoms with Crippen LogP contribution in [0.1, 0.15) is 0 Å². The first-order valence-corrected chi connectivity index (χ1v) is 3.18. The van der Waals surface area contributed by atoms with Crippen molar-refractivity contribution in [2.45, 2.75) is 0 Å². The zero-order valence-corrected chi connectivity index (χ0v) is 6.17. The van der Waals surface area contributed by atoms with E-state index in [-0.39, 0.29) is 0 Å². The molecule has 0 amide bonds. The van der Waals surface area contributed by atoms with Crippen LogP contribution in [0.15, 0.2) is 24.9 Å². The Kier molecular flexibility index (Phi) is 1.76. The van der Waals surface area contributed by atoms with Gasteiger partial charge < -0.3 is 4.57 Å². The van der Waals surface area contributed by atoms with Crippen LogP contribution in [0.25, 0.3) is 12.7 Å². The Morgan fingerprint density at radius 3 is 2.70 bits per heavy atom. The molecule has 0 saturated heterocycles. The highest BCUT2D eigenvalue weighted by atomic mass is 14.9. The van der Waals surface area contributed by atoms with Crippen LogP contribution in [-0.2, 0) is 7.05 Å². The van der Waals surface area contributed by atoms with Crippen LogP contribution in [0.4, 0.5) is 0 Å². The average Bonchev–Trinajstić information content (AvgIpc) is 2.20. The van der Waals surface area contributed by atoms with Crippen LogP contribution in [0, 0.1) is 0 Å². The van der Waals surface area contributed by atoms with Crippen molar-refractivity contribution in [2.24, 2.45) is 7.05 Å². The highest BCUT2D eigenvalue weighted by Crippen LogP contribution is 1.69. The molecule has 0 radical (unpaired) electrons. The number of aromatic nitrogens is 1. The molecule has 0 unspecified atom stereocenters. The first-order valence-electron chi connectivity index (χ1n) is 3.18. The third-order valence-electron chi connectivity index (χ3n) is 1.53. The largest absolute Gasteiger partial charge is 0.351 e. The van der Waals surface area contributed by atoms with E-state index in [9.17, 15) is 0 Å². The number of hydrogen-bond acceptors (Lipinski definition) is 0. The maximum absolute atomic E-state index is 3.88. The van der Waals surface area contributed by atoms with E-state index in [2.05, 4.69) is 13.2 Å². The number of allylic oxidation sites excluding steroid dienone is 1. The number of aryl methyl sites for hydroxylation is 1. The summed E-state index contributed by atoms with van der Waals surface area (Å²) in [5.41, 5.74) is 0. The lowest BCUT2D eigenvalue weighted by molar-refractivity contribution is 0.891. The van der Waals surface area contributed by atoms with Crippen molar-refractivity contribution in [1.82, 2.24) is 4.57 Å². The average molecular weight is 133 g/mol. The van der Waals surface area contributed by atoms with E-state index in [0.717, 1.165) is 10.6 Å². The van der Waals surface area contributed by atoms with Crippen molar-refractivity contribution in [1.29, 1.82) is 0 Å². The molecule has 1 rings (SSSR count). The standard InChI is InChI=1S/C9H11N/c1-4-5-9-6-7-10(3)8(9)2/h4-7H,1-2H2,3H3/b9-5-. The fourth-order valence-corrected chi connectivity index (χ4v) is 0.861. The Labute approximate surface area is 60.6 Å². The van der Waals surface area contributed by atoms with Gasteiger partial charge in [-0.3, -0.25) is 0 Å². The molecule has 1 aromatic rings. The second kappa shape index (κ2) is 2.56. The zero-order chi connectivity index (χ0) is 7.56. The van der Waals surface area contributed by atoms with Crippen LogP contribution in [0.3, 0.4) is 0 Å². The second-order valence-electron chi connectivity index (χ2n) is 2.23. The Morgan fingerprint density at radius 2 is 2.30 bits per heavy atom. The van der Waals surface area contributed by atoms with Gasteiger partial charge in [-0.2, -0.15) is 0 Å². The van der Waals surface area contributed by atoms with E-state index < -0.39 is 0 Å². The summed E-state index contributed by atoms with van der Waals surface area (Å²) >= 11 is 0. The summed E-state index contributed by atoms with van der Waals surface area (Å²) in [6, 6.07) is 2.02. The lowest BCUT2D eigenvalue weighted by Crippen LogP contribution is -2.24. The van der Waals surface area contributed by atoms with Crippen LogP contribution in [-0.4, -0.2) is 4.57 Å². The van der Waals surface area contributed by atoms with Gasteiger partial charge >= 0.3 is 0 Å². The van der Waals surface area contributed by atoms with E-state index >= 15 is 0 Å². The van der Waals surface area contributed by atoms with Crippen LogP contribution >= 0.6 is 0 Å². The van der Waals surface area contributed by atoms with Crippen LogP contribution < -0.4 is 10.6 Å². The van der Waals surface area contributed by atoms with Crippen LogP contribution in [0.2, 0.25) is 0 Å². The van der Waals surface area contributed by atoms with Crippen LogP contribution in [0.5, 0.6) is 0 Å². The van der Waals surface area contributed by atoms with Crippen molar-refractivity contribution >= 4 is 12.7 Å². The summed E-state index contributed by atoms with van der Waals surface area (Å²) < 4.78 is 1.98. The van der Waals surface area contributed by atoms with E-state index in [1.54, 1.807) is 6.08 Å². The van der Waals surface area contributed by atoms with Crippen molar-refractivity contribution in [2.75, 3.05) is 0 Å². The summed E-state index contributed by atoms with van der Waals surface area (Å²) in [7, 11) is 1.97. The Hall–Kier alpha value is -1.24. The van der Waals surface area contributed by atoms with E-state index in [1.807, 2.05) is 30.0 Å². The maximum Gasteiger partial charge on any atom is 0.0404 e. The molecule has 0 aliphatic heterocycles. The van der Waals surface area contributed by atoms with Gasteiger partial charge in [-0.15, -0.1) is 0 Å². The monoisotopic (exact) mass is 133 g/mol. The molecule has 0 spiro atoms. The van der Waals surface area contributed by atoms with E-state index in [0.29, 0.717) is 0 Å². The molecular weight excluding hydrogens is 122 g/mol. The topological polar surface area (TPSA) is 4.93 Å². The molecule has 1 aromatic heterocycles. The molecule has 0 aromatic carbocycles. The predicted octanol–water partition coefficient (Wildman–Crippen LogP) is 0.402. The smallest absolute Gasteiger partial charge is 0.0404 e. The molecule has 1 heteroatoms. The molecule has 0 atom stereocenters. The molecule has 1 heterocycles. The van der Waals surface area contributed by atoms with Gasteiger partial charge in [0.05, 0.1) is 0 Å². The minimum absolute atomic E-state index is 1.03. The van der Waals surface area contributed by atoms with Crippen molar-refractivity contribution in [3.05, 3.63) is 35.5 Å². The number of hydrogen-bond donors (Lipinski definition) is 0. The SMILES string of the molecule is C=C/C=c1/ccn(C)c1=C. The molecule has 0 saturated carbocycles. The highest BCUT2D eigenvalue weighted by molar-refractivity contribution is 5.35. The number of rotatable bonds is 1. The second-order valence-corrected chi connectivity index (χ2v) is 2.23. The third-order valence-corrected chi connectivity index (χ3v) is 1.53. The molecule has 1 nitrogen and oxygen atoms in total. The summed E-state index contributed by atoms with van der Waals surface area (Å²) in [6.07, 6.45) is 5.70. The van der Waals surface area contributed by atoms with Gasteiger partial charge in [0.2, 0.25) is 0 Å². The lowest BCUT2D eigenvalue weighted by Gasteiger charge is -1.84. The quantitative estimate of drug-likeness (QED) is 0.522. The van der Waals surface area contributed by atoms with E-state index in [4.69, 9.17) is 0 Å². The molecule has 0 N–H and O–H groups in total. The molecule has 0 aliphatic carbocycles. The fourth-order valence-electron chi connectivity index (χ4n) is 0.861. The molecule has 10 heavy (non-hydrogen) atoms. The van der Waals surface area contributed by atoms with Gasteiger partial charge in [0.15, 0.2) is 0 Å². The van der Waals surface area contributed by atoms with Gasteiger partial charge in [-0.1, -0.05) is 25.3 Å². The third kappa shape index (κ3) is 1.03. The Bertz CT molecular complexity index is 330. The predicted molar refractivity (Wildman–Crippen MR) is 44.8 cm³/mol. The van der Waals surface area contributed by atoms with E-state index in [1.165, 1.54) is 0 Å². The first-order chi connectivity index (χ1) is 4.75. The fraction of sp³-hybridized carbons (Fsp3) is 0.111. The van der Waals surface area contributed by atoms with Gasteiger partial charge in [0, 0.05) is 18.6 Å². The lowest BCUT2D eigenvalue weighted by atomic mass is 10.4. The van der Waals surface area contributed by atoms with Crippen molar-refractivity contribution < 1.29 is 0 Å². The minimum Gasteiger partial charge on any atom is -0.351 e. The van der Waals surface area contributed by atoms with Gasteiger partial charge in [-0.05, 0) is 11.3 Å². The first kappa shape index (κ1) is 6.87. The van der Waals surface area contributed by atoms with Crippen molar-refractivity contribution in [3.8, 4) is 0 Å². The highest BCUT2D eigenvalue weighted by Gasteiger charge is 1.83. The minimum atomic E-state index is 1.03. The molecule has 52 valence electrons. The van der Waals surface area contributed by atoms with Gasteiger partial charge in [-0.25, -0.2) is 0 Å². The summed E-state index contributed by atoms with van der Waals surface area (Å²) in [5, 5.41) is 2.16. The molecule has 0 aliphatic rings. The summed E-state index contributed by atoms with van der Waals surface area (Å²) in [5.74, 6) is 0. The zero-order valence-electron chi connectivity index (χ0n) is 6.17. The Morgan fingerprint density at radius 1 is 1.60 bits per heavy atom. The molecular formula is C9H11N. The van der Waals surface area contributed by atoms with Gasteiger partial charge in [0.1, 0.15) is 0 Å².